The SMILES string of the molecule is C=CCCOc1cccc(F)c1. The van der Waals surface area contributed by atoms with Gasteiger partial charge in [0.25, 0.3) is 0 Å². The van der Waals surface area contributed by atoms with Crippen molar-refractivity contribution in [3.8, 4) is 5.75 Å². The zero-order valence-corrected chi connectivity index (χ0v) is 6.79. The molecule has 0 saturated heterocycles. The van der Waals surface area contributed by atoms with Crippen molar-refractivity contribution in [2.75, 3.05) is 6.61 Å². The van der Waals surface area contributed by atoms with Gasteiger partial charge in [0.15, 0.2) is 0 Å². The topological polar surface area (TPSA) is 9.23 Å². The van der Waals surface area contributed by atoms with E-state index in [2.05, 4.69) is 6.58 Å². The molecule has 0 amide bonds. The van der Waals surface area contributed by atoms with Crippen molar-refractivity contribution in [3.63, 3.8) is 0 Å². The Morgan fingerprint density at radius 3 is 3.00 bits per heavy atom. The van der Waals surface area contributed by atoms with E-state index in [1.807, 2.05) is 0 Å². The summed E-state index contributed by atoms with van der Waals surface area (Å²) in [6, 6.07) is 6.11. The molecule has 1 aromatic carbocycles. The highest BCUT2D eigenvalue weighted by Gasteiger charge is 1.93. The van der Waals surface area contributed by atoms with Crippen LogP contribution in [0.15, 0.2) is 36.9 Å². The van der Waals surface area contributed by atoms with Gasteiger partial charge < -0.3 is 4.74 Å². The van der Waals surface area contributed by atoms with Gasteiger partial charge in [0.05, 0.1) is 6.61 Å². The average Bonchev–Trinajstić information content (AvgIpc) is 2.05. The maximum absolute atomic E-state index is 12.6. The first-order valence-corrected chi connectivity index (χ1v) is 3.82. The van der Waals surface area contributed by atoms with Crippen molar-refractivity contribution in [1.29, 1.82) is 0 Å². The fourth-order valence-electron chi connectivity index (χ4n) is 0.817. The van der Waals surface area contributed by atoms with Crippen LogP contribution in [-0.2, 0) is 0 Å². The van der Waals surface area contributed by atoms with E-state index in [9.17, 15) is 4.39 Å². The third-order valence-corrected chi connectivity index (χ3v) is 1.39. The van der Waals surface area contributed by atoms with Gasteiger partial charge in [0.2, 0.25) is 0 Å². The van der Waals surface area contributed by atoms with E-state index in [1.165, 1.54) is 12.1 Å². The van der Waals surface area contributed by atoms with E-state index in [-0.39, 0.29) is 5.82 Å². The molecule has 0 aliphatic heterocycles. The van der Waals surface area contributed by atoms with Crippen LogP contribution < -0.4 is 4.74 Å². The molecule has 0 spiro atoms. The summed E-state index contributed by atoms with van der Waals surface area (Å²) < 4.78 is 17.8. The van der Waals surface area contributed by atoms with E-state index in [4.69, 9.17) is 4.74 Å². The van der Waals surface area contributed by atoms with Crippen LogP contribution >= 0.6 is 0 Å². The molecular weight excluding hydrogens is 155 g/mol. The number of hydrogen-bond acceptors (Lipinski definition) is 1. The zero-order chi connectivity index (χ0) is 8.81. The van der Waals surface area contributed by atoms with Gasteiger partial charge in [-0.15, -0.1) is 6.58 Å². The zero-order valence-electron chi connectivity index (χ0n) is 6.79. The molecule has 0 unspecified atom stereocenters. The minimum Gasteiger partial charge on any atom is -0.493 e. The van der Waals surface area contributed by atoms with Crippen LogP contribution in [0.1, 0.15) is 6.42 Å². The Kier molecular flexibility index (Phi) is 3.33. The molecule has 0 saturated carbocycles. The highest BCUT2D eigenvalue weighted by atomic mass is 19.1. The summed E-state index contributed by atoms with van der Waals surface area (Å²) >= 11 is 0. The van der Waals surface area contributed by atoms with Crippen molar-refractivity contribution < 1.29 is 9.13 Å². The van der Waals surface area contributed by atoms with Crippen LogP contribution in [0, 0.1) is 5.82 Å². The summed E-state index contributed by atoms with van der Waals surface area (Å²) in [5.41, 5.74) is 0. The van der Waals surface area contributed by atoms with Crippen molar-refractivity contribution >= 4 is 0 Å². The summed E-state index contributed by atoms with van der Waals surface area (Å²) in [5, 5.41) is 0. The summed E-state index contributed by atoms with van der Waals surface area (Å²) in [7, 11) is 0. The lowest BCUT2D eigenvalue weighted by atomic mass is 10.3. The third kappa shape index (κ3) is 2.74. The molecule has 1 nitrogen and oxygen atoms in total. The van der Waals surface area contributed by atoms with E-state index in [1.54, 1.807) is 18.2 Å². The number of benzene rings is 1. The Morgan fingerprint density at radius 2 is 2.33 bits per heavy atom. The van der Waals surface area contributed by atoms with Gasteiger partial charge in [-0.25, -0.2) is 4.39 Å². The van der Waals surface area contributed by atoms with Crippen molar-refractivity contribution in [3.05, 3.63) is 42.7 Å². The van der Waals surface area contributed by atoms with Gasteiger partial charge in [-0.1, -0.05) is 12.1 Å². The number of ether oxygens (including phenoxy) is 1. The lowest BCUT2D eigenvalue weighted by Gasteiger charge is -2.03. The molecule has 1 aromatic rings. The minimum atomic E-state index is -0.272. The second-order valence-corrected chi connectivity index (χ2v) is 2.38. The molecule has 0 atom stereocenters. The lowest BCUT2D eigenvalue weighted by molar-refractivity contribution is 0.323. The number of hydrogen-bond donors (Lipinski definition) is 0. The van der Waals surface area contributed by atoms with Crippen LogP contribution in [0.2, 0.25) is 0 Å². The standard InChI is InChI=1S/C10H11FO/c1-2-3-7-12-10-6-4-5-9(11)8-10/h2,4-6,8H,1,3,7H2. The first-order chi connectivity index (χ1) is 5.83. The van der Waals surface area contributed by atoms with Gasteiger partial charge in [-0.05, 0) is 18.6 Å². The molecular formula is C10H11FO. The van der Waals surface area contributed by atoms with Gasteiger partial charge in [-0.2, -0.15) is 0 Å². The van der Waals surface area contributed by atoms with Crippen molar-refractivity contribution in [1.82, 2.24) is 0 Å². The molecule has 1 rings (SSSR count). The molecule has 64 valence electrons. The summed E-state index contributed by atoms with van der Waals surface area (Å²) in [4.78, 5) is 0. The fraction of sp³-hybridized carbons (Fsp3) is 0.200. The maximum atomic E-state index is 12.6. The molecule has 2 heteroatoms. The van der Waals surface area contributed by atoms with Crippen LogP contribution in [0.5, 0.6) is 5.75 Å². The summed E-state index contributed by atoms with van der Waals surface area (Å²) in [5.74, 6) is 0.294. The largest absolute Gasteiger partial charge is 0.493 e. The fourth-order valence-corrected chi connectivity index (χ4v) is 0.817. The summed E-state index contributed by atoms with van der Waals surface area (Å²) in [6.07, 6.45) is 2.54. The Hall–Kier alpha value is -1.31. The highest BCUT2D eigenvalue weighted by molar-refractivity contribution is 5.22. The van der Waals surface area contributed by atoms with E-state index >= 15 is 0 Å². The van der Waals surface area contributed by atoms with Crippen LogP contribution in [-0.4, -0.2) is 6.61 Å². The second-order valence-electron chi connectivity index (χ2n) is 2.38. The molecule has 0 radical (unpaired) electrons. The van der Waals surface area contributed by atoms with Gasteiger partial charge >= 0.3 is 0 Å². The normalized spacial score (nSPS) is 9.42. The molecule has 12 heavy (non-hydrogen) atoms. The monoisotopic (exact) mass is 166 g/mol. The lowest BCUT2D eigenvalue weighted by Crippen LogP contribution is -1.95. The maximum Gasteiger partial charge on any atom is 0.126 e. The molecule has 0 heterocycles. The molecule has 0 aromatic heterocycles. The second kappa shape index (κ2) is 4.54. The molecule has 0 fully saturated rings. The Labute approximate surface area is 71.5 Å². The summed E-state index contributed by atoms with van der Waals surface area (Å²) in [6.45, 7) is 4.10. The molecule has 0 N–H and O–H groups in total. The van der Waals surface area contributed by atoms with E-state index in [0.717, 1.165) is 6.42 Å². The average molecular weight is 166 g/mol. The van der Waals surface area contributed by atoms with Crippen molar-refractivity contribution in [2.45, 2.75) is 6.42 Å². The Morgan fingerprint density at radius 1 is 1.50 bits per heavy atom. The molecule has 0 aliphatic carbocycles. The third-order valence-electron chi connectivity index (χ3n) is 1.39. The Balaban J connectivity index is 2.46. The van der Waals surface area contributed by atoms with Crippen LogP contribution in [0.3, 0.4) is 0 Å². The minimum absolute atomic E-state index is 0.272. The predicted octanol–water partition coefficient (Wildman–Crippen LogP) is 2.78. The van der Waals surface area contributed by atoms with Crippen molar-refractivity contribution in [2.24, 2.45) is 0 Å². The quantitative estimate of drug-likeness (QED) is 0.493. The highest BCUT2D eigenvalue weighted by Crippen LogP contribution is 2.11. The molecule has 0 aliphatic rings. The number of rotatable bonds is 4. The van der Waals surface area contributed by atoms with Gasteiger partial charge in [-0.3, -0.25) is 0 Å². The van der Waals surface area contributed by atoms with Gasteiger partial charge in [0, 0.05) is 6.07 Å². The van der Waals surface area contributed by atoms with Crippen LogP contribution in [0.4, 0.5) is 4.39 Å². The smallest absolute Gasteiger partial charge is 0.126 e. The van der Waals surface area contributed by atoms with Crippen LogP contribution in [0.25, 0.3) is 0 Å². The predicted molar refractivity (Wildman–Crippen MR) is 46.7 cm³/mol. The number of halogens is 1. The van der Waals surface area contributed by atoms with Gasteiger partial charge in [0.1, 0.15) is 11.6 Å². The first-order valence-electron chi connectivity index (χ1n) is 3.82. The first kappa shape index (κ1) is 8.78. The Bertz CT molecular complexity index is 258. The molecule has 0 bridgehead atoms. The van der Waals surface area contributed by atoms with E-state index in [0.29, 0.717) is 12.4 Å². The van der Waals surface area contributed by atoms with E-state index < -0.39 is 0 Å².